The maximum atomic E-state index is 13.7. The molecule has 0 saturated heterocycles. The van der Waals surface area contributed by atoms with Crippen molar-refractivity contribution in [1.29, 1.82) is 0 Å². The lowest BCUT2D eigenvalue weighted by molar-refractivity contribution is -0.144. The largest absolute Gasteiger partial charge is 0.453 e. The van der Waals surface area contributed by atoms with Crippen molar-refractivity contribution in [3.05, 3.63) is 119 Å². The highest BCUT2D eigenvalue weighted by Crippen LogP contribution is 2.39. The number of hydrogen-bond acceptors (Lipinski definition) is 5. The number of nitrogens with one attached hydrogen (secondary N) is 2. The number of benzene rings is 4. The Kier molecular flexibility index (Phi) is 7.04. The lowest BCUT2D eigenvalue weighted by atomic mass is 9.97. The second-order valence-electron chi connectivity index (χ2n) is 9.93. The number of anilines is 1. The SMILES string of the molecule is CC(=O)OC1c2ccccc2C(=O)N(CC(=O)NCCc2ccc(-c3nc4ccccc4[nH]3)cc2)c2ccccc21. The van der Waals surface area contributed by atoms with Crippen LogP contribution in [0, 0.1) is 0 Å². The predicted molar refractivity (Wildman–Crippen MR) is 156 cm³/mol. The van der Waals surface area contributed by atoms with E-state index in [1.165, 1.54) is 11.8 Å². The number of ether oxygens (including phenoxy) is 1. The highest BCUT2D eigenvalue weighted by Gasteiger charge is 2.34. The van der Waals surface area contributed by atoms with Crippen LogP contribution in [0.1, 0.15) is 40.1 Å². The summed E-state index contributed by atoms with van der Waals surface area (Å²) in [5.41, 5.74) is 6.14. The van der Waals surface area contributed by atoms with Gasteiger partial charge in [0.05, 0.1) is 16.7 Å². The number of rotatable bonds is 7. The van der Waals surface area contributed by atoms with Crippen LogP contribution in [-0.4, -0.2) is 40.8 Å². The van der Waals surface area contributed by atoms with Gasteiger partial charge in [0.25, 0.3) is 5.91 Å². The summed E-state index contributed by atoms with van der Waals surface area (Å²) in [6.07, 6.45) is -0.118. The van der Waals surface area contributed by atoms with Crippen LogP contribution < -0.4 is 10.2 Å². The van der Waals surface area contributed by atoms with Crippen molar-refractivity contribution in [2.45, 2.75) is 19.4 Å². The van der Waals surface area contributed by atoms with E-state index >= 15 is 0 Å². The molecule has 1 aromatic heterocycles. The van der Waals surface area contributed by atoms with Gasteiger partial charge >= 0.3 is 5.97 Å². The van der Waals surface area contributed by atoms with Gasteiger partial charge in [0.2, 0.25) is 5.91 Å². The Bertz CT molecular complexity index is 1730. The molecule has 0 radical (unpaired) electrons. The molecule has 8 nitrogen and oxygen atoms in total. The minimum absolute atomic E-state index is 0.165. The smallest absolute Gasteiger partial charge is 0.303 e. The average Bonchev–Trinajstić information content (AvgIpc) is 3.40. The van der Waals surface area contributed by atoms with Crippen molar-refractivity contribution in [3.8, 4) is 11.4 Å². The summed E-state index contributed by atoms with van der Waals surface area (Å²) in [4.78, 5) is 48.1. The molecule has 0 saturated carbocycles. The number of carbonyl (C=O) groups excluding carboxylic acids is 3. The highest BCUT2D eigenvalue weighted by molar-refractivity contribution is 6.11. The van der Waals surface area contributed by atoms with Gasteiger partial charge in [-0.15, -0.1) is 0 Å². The number of aromatic amines is 1. The first-order valence-electron chi connectivity index (χ1n) is 13.5. The number of H-pyrrole nitrogens is 1. The number of imidazole rings is 1. The fraction of sp³-hybridized carbons (Fsp3) is 0.152. The molecule has 5 aromatic rings. The minimum atomic E-state index is -0.751. The second-order valence-corrected chi connectivity index (χ2v) is 9.93. The van der Waals surface area contributed by atoms with Crippen LogP contribution in [0.4, 0.5) is 5.69 Å². The molecule has 4 aromatic carbocycles. The van der Waals surface area contributed by atoms with Crippen LogP contribution in [0.15, 0.2) is 97.1 Å². The molecular weight excluding hydrogens is 516 g/mol. The predicted octanol–water partition coefficient (Wildman–Crippen LogP) is 5.20. The number of fused-ring (bicyclic) bond motifs is 3. The van der Waals surface area contributed by atoms with Crippen LogP contribution in [0.2, 0.25) is 0 Å². The fourth-order valence-electron chi connectivity index (χ4n) is 5.21. The monoisotopic (exact) mass is 544 g/mol. The Labute approximate surface area is 237 Å². The number of esters is 1. The van der Waals surface area contributed by atoms with E-state index in [0.717, 1.165) is 28.0 Å². The van der Waals surface area contributed by atoms with Crippen molar-refractivity contribution in [3.63, 3.8) is 0 Å². The Morgan fingerprint density at radius 3 is 2.39 bits per heavy atom. The van der Waals surface area contributed by atoms with Gasteiger partial charge in [-0.05, 0) is 36.2 Å². The van der Waals surface area contributed by atoms with Crippen LogP contribution in [0.25, 0.3) is 22.4 Å². The van der Waals surface area contributed by atoms with Crippen LogP contribution >= 0.6 is 0 Å². The van der Waals surface area contributed by atoms with Crippen molar-refractivity contribution in [2.24, 2.45) is 0 Å². The maximum Gasteiger partial charge on any atom is 0.303 e. The average molecular weight is 545 g/mol. The first-order valence-corrected chi connectivity index (χ1v) is 13.5. The van der Waals surface area contributed by atoms with Crippen LogP contribution in [0.3, 0.4) is 0 Å². The maximum absolute atomic E-state index is 13.7. The number of nitrogens with zero attached hydrogens (tertiary/aromatic N) is 2. The lowest BCUT2D eigenvalue weighted by Crippen LogP contribution is -2.41. The molecule has 1 unspecified atom stereocenters. The zero-order chi connectivity index (χ0) is 28.3. The standard InChI is InChI=1S/C33H28N4O4/c1-21(38)41-31-24-8-2-3-9-25(24)33(40)37(29-13-7-4-10-26(29)31)20-30(39)34-19-18-22-14-16-23(17-15-22)32-35-27-11-5-6-12-28(27)36-32/h2-17,31H,18-20H2,1H3,(H,34,39)(H,35,36). The van der Waals surface area contributed by atoms with E-state index in [2.05, 4.69) is 15.3 Å². The summed E-state index contributed by atoms with van der Waals surface area (Å²) >= 11 is 0. The molecular formula is C33H28N4O4. The quantitative estimate of drug-likeness (QED) is 0.274. The number of aromatic nitrogens is 2. The van der Waals surface area contributed by atoms with E-state index in [-0.39, 0.29) is 18.4 Å². The van der Waals surface area contributed by atoms with Crippen molar-refractivity contribution >= 4 is 34.5 Å². The summed E-state index contributed by atoms with van der Waals surface area (Å²) in [6.45, 7) is 1.59. The molecule has 8 heteroatoms. The van der Waals surface area contributed by atoms with E-state index in [4.69, 9.17) is 4.74 Å². The van der Waals surface area contributed by atoms with Gasteiger partial charge in [-0.25, -0.2) is 4.98 Å². The van der Waals surface area contributed by atoms with Crippen LogP contribution in [-0.2, 0) is 20.7 Å². The number of para-hydroxylation sites is 3. The van der Waals surface area contributed by atoms with Gasteiger partial charge in [0.15, 0.2) is 6.10 Å². The fourth-order valence-corrected chi connectivity index (χ4v) is 5.21. The molecule has 0 aliphatic carbocycles. The molecule has 6 rings (SSSR count). The molecule has 1 atom stereocenters. The lowest BCUT2D eigenvalue weighted by Gasteiger charge is -2.23. The third-order valence-electron chi connectivity index (χ3n) is 7.17. The Morgan fingerprint density at radius 2 is 1.61 bits per heavy atom. The third kappa shape index (κ3) is 5.32. The van der Waals surface area contributed by atoms with Gasteiger partial charge in [0, 0.05) is 35.7 Å². The Hall–Kier alpha value is -5.24. The molecule has 41 heavy (non-hydrogen) atoms. The molecule has 204 valence electrons. The van der Waals surface area contributed by atoms with Crippen LogP contribution in [0.5, 0.6) is 0 Å². The Balaban J connectivity index is 1.14. The zero-order valence-electron chi connectivity index (χ0n) is 22.5. The van der Waals surface area contributed by atoms with Gasteiger partial charge in [-0.3, -0.25) is 19.3 Å². The van der Waals surface area contributed by atoms with Gasteiger partial charge in [-0.1, -0.05) is 72.8 Å². The number of carbonyl (C=O) groups is 3. The molecule has 1 aliphatic heterocycles. The summed E-state index contributed by atoms with van der Waals surface area (Å²) in [6, 6.07) is 30.2. The van der Waals surface area contributed by atoms with E-state index in [1.807, 2.05) is 60.7 Å². The molecule has 2 heterocycles. The summed E-state index contributed by atoms with van der Waals surface area (Å²) in [5, 5.41) is 2.94. The van der Waals surface area contributed by atoms with Crippen molar-refractivity contribution in [2.75, 3.05) is 18.0 Å². The van der Waals surface area contributed by atoms with Gasteiger partial charge in [0.1, 0.15) is 12.4 Å². The summed E-state index contributed by atoms with van der Waals surface area (Å²) < 4.78 is 5.67. The highest BCUT2D eigenvalue weighted by atomic mass is 16.5. The Morgan fingerprint density at radius 1 is 0.902 bits per heavy atom. The molecule has 0 spiro atoms. The molecule has 1 aliphatic rings. The normalized spacial score (nSPS) is 14.2. The van der Waals surface area contributed by atoms with E-state index in [9.17, 15) is 14.4 Å². The molecule has 0 bridgehead atoms. The minimum Gasteiger partial charge on any atom is -0.453 e. The van der Waals surface area contributed by atoms with Gasteiger partial charge < -0.3 is 15.0 Å². The molecule has 2 N–H and O–H groups in total. The van der Waals surface area contributed by atoms with Gasteiger partial charge in [-0.2, -0.15) is 0 Å². The third-order valence-corrected chi connectivity index (χ3v) is 7.17. The second kappa shape index (κ2) is 11.1. The summed E-state index contributed by atoms with van der Waals surface area (Å²) in [7, 11) is 0. The van der Waals surface area contributed by atoms with E-state index in [1.54, 1.807) is 36.4 Å². The number of hydrogen-bond donors (Lipinski definition) is 2. The van der Waals surface area contributed by atoms with E-state index in [0.29, 0.717) is 35.3 Å². The summed E-state index contributed by atoms with van der Waals surface area (Å²) in [5.74, 6) is -0.246. The molecule has 0 fully saturated rings. The van der Waals surface area contributed by atoms with Crippen molar-refractivity contribution < 1.29 is 19.1 Å². The zero-order valence-corrected chi connectivity index (χ0v) is 22.5. The first-order chi connectivity index (χ1) is 20.0. The van der Waals surface area contributed by atoms with Crippen molar-refractivity contribution in [1.82, 2.24) is 15.3 Å². The topological polar surface area (TPSA) is 104 Å². The van der Waals surface area contributed by atoms with E-state index < -0.39 is 12.1 Å². The number of amides is 2. The first kappa shape index (κ1) is 26.0. The molecule has 2 amide bonds.